The first-order valence-electron chi connectivity index (χ1n) is 7.07. The molecule has 3 atom stereocenters. The highest BCUT2D eigenvalue weighted by Crippen LogP contribution is 2.55. The van der Waals surface area contributed by atoms with Gasteiger partial charge in [-0.1, -0.05) is 12.2 Å². The number of nitro groups is 1. The fourth-order valence-corrected chi connectivity index (χ4v) is 5.62. The largest absolute Gasteiger partial charge is 0.360 e. The van der Waals surface area contributed by atoms with Crippen molar-refractivity contribution in [2.24, 2.45) is 0 Å². The summed E-state index contributed by atoms with van der Waals surface area (Å²) in [5, 5.41) is 10.7. The van der Waals surface area contributed by atoms with Crippen LogP contribution in [0, 0.1) is 10.1 Å². The van der Waals surface area contributed by atoms with Crippen LogP contribution in [0.25, 0.3) is 0 Å². The summed E-state index contributed by atoms with van der Waals surface area (Å²) >= 11 is 6.64. The predicted octanol–water partition coefficient (Wildman–Crippen LogP) is 1.67. The molecule has 3 heterocycles. The van der Waals surface area contributed by atoms with E-state index in [1.807, 2.05) is 12.2 Å². The molecular formula is C14H13ClN2O5S. The van der Waals surface area contributed by atoms with Gasteiger partial charge in [-0.2, -0.15) is 4.31 Å². The summed E-state index contributed by atoms with van der Waals surface area (Å²) in [6.45, 7) is 0.317. The van der Waals surface area contributed by atoms with Crippen LogP contribution in [0.1, 0.15) is 6.42 Å². The summed E-state index contributed by atoms with van der Waals surface area (Å²) in [4.78, 5) is 9.38. The zero-order chi connectivity index (χ0) is 16.5. The van der Waals surface area contributed by atoms with E-state index in [0.29, 0.717) is 6.42 Å². The molecule has 0 radical (unpaired) electrons. The summed E-state index contributed by atoms with van der Waals surface area (Å²) in [5.74, 6) is 0. The minimum Gasteiger partial charge on any atom is -0.360 e. The number of halogens is 1. The number of nitrogens with zero attached hydrogens (tertiary/aromatic N) is 2. The molecule has 1 aromatic carbocycles. The topological polar surface area (TPSA) is 89.8 Å². The summed E-state index contributed by atoms with van der Waals surface area (Å²) in [6, 6.07) is 4.85. The molecule has 122 valence electrons. The van der Waals surface area contributed by atoms with Gasteiger partial charge >= 0.3 is 0 Å². The molecule has 4 rings (SSSR count). The third-order valence-electron chi connectivity index (χ3n) is 4.75. The molecule has 9 heteroatoms. The minimum atomic E-state index is -3.78. The van der Waals surface area contributed by atoms with Crippen LogP contribution in [-0.4, -0.2) is 47.3 Å². The van der Waals surface area contributed by atoms with Gasteiger partial charge in [0.25, 0.3) is 5.69 Å². The average molecular weight is 357 g/mol. The number of ether oxygens (including phenoxy) is 1. The van der Waals surface area contributed by atoms with Crippen LogP contribution < -0.4 is 0 Å². The summed E-state index contributed by atoms with van der Waals surface area (Å²) in [6.07, 6.45) is 4.32. The van der Waals surface area contributed by atoms with E-state index < -0.39 is 25.4 Å². The molecule has 1 spiro atoms. The second kappa shape index (κ2) is 4.54. The van der Waals surface area contributed by atoms with Crippen LogP contribution in [-0.2, 0) is 14.8 Å². The molecule has 3 aliphatic rings. The van der Waals surface area contributed by atoms with Gasteiger partial charge in [0, 0.05) is 31.6 Å². The van der Waals surface area contributed by atoms with Gasteiger partial charge in [-0.15, -0.1) is 11.6 Å². The Morgan fingerprint density at radius 3 is 2.57 bits per heavy atom. The normalized spacial score (nSPS) is 35.6. The highest BCUT2D eigenvalue weighted by Gasteiger charge is 2.66. The molecule has 2 fully saturated rings. The van der Waals surface area contributed by atoms with Crippen molar-refractivity contribution in [3.63, 3.8) is 0 Å². The maximum atomic E-state index is 12.8. The fraction of sp³-hybridized carbons (Fsp3) is 0.429. The predicted molar refractivity (Wildman–Crippen MR) is 81.8 cm³/mol. The van der Waals surface area contributed by atoms with Gasteiger partial charge < -0.3 is 4.74 Å². The first-order chi connectivity index (χ1) is 10.8. The van der Waals surface area contributed by atoms with Crippen LogP contribution in [0.15, 0.2) is 41.3 Å². The van der Waals surface area contributed by atoms with E-state index in [1.54, 1.807) is 0 Å². The number of nitro benzene ring substituents is 1. The number of sulfonamides is 1. The second-order valence-corrected chi connectivity index (χ2v) is 8.76. The monoisotopic (exact) mass is 356 g/mol. The van der Waals surface area contributed by atoms with Crippen molar-refractivity contribution in [1.29, 1.82) is 0 Å². The van der Waals surface area contributed by atoms with E-state index in [9.17, 15) is 18.5 Å². The standard InChI is InChI=1S/C14H13ClN2O5S/c15-13-7-11-5-6-14(13,22-11)9-16(8-13)23(20,21)12-3-1-10(2-4-12)17(18)19/h1-6,11H,7-9H2/t11-,13-,14-/m1/s1. The van der Waals surface area contributed by atoms with Crippen LogP contribution in [0.5, 0.6) is 0 Å². The molecule has 0 aliphatic carbocycles. The highest BCUT2D eigenvalue weighted by atomic mass is 35.5. The Hall–Kier alpha value is -1.48. The molecule has 3 aliphatic heterocycles. The summed E-state index contributed by atoms with van der Waals surface area (Å²) < 4.78 is 32.7. The van der Waals surface area contributed by atoms with Gasteiger partial charge in [-0.05, 0) is 12.1 Å². The van der Waals surface area contributed by atoms with Crippen molar-refractivity contribution in [2.45, 2.75) is 27.9 Å². The zero-order valence-electron chi connectivity index (χ0n) is 11.9. The number of hydrogen-bond donors (Lipinski definition) is 0. The Morgan fingerprint density at radius 2 is 2.00 bits per heavy atom. The van der Waals surface area contributed by atoms with Gasteiger partial charge in [0.2, 0.25) is 10.0 Å². The average Bonchev–Trinajstić information content (AvgIpc) is 3.10. The van der Waals surface area contributed by atoms with E-state index in [-0.39, 0.29) is 29.8 Å². The van der Waals surface area contributed by atoms with Crippen LogP contribution in [0.4, 0.5) is 5.69 Å². The van der Waals surface area contributed by atoms with E-state index in [1.165, 1.54) is 28.6 Å². The van der Waals surface area contributed by atoms with Crippen LogP contribution in [0.3, 0.4) is 0 Å². The fourth-order valence-electron chi connectivity index (χ4n) is 3.55. The van der Waals surface area contributed by atoms with Crippen molar-refractivity contribution >= 4 is 27.3 Å². The molecule has 2 saturated heterocycles. The number of benzene rings is 1. The van der Waals surface area contributed by atoms with Gasteiger partial charge in [-0.3, -0.25) is 10.1 Å². The van der Waals surface area contributed by atoms with Gasteiger partial charge in [0.05, 0.1) is 20.8 Å². The number of fused-ring (bicyclic) bond motifs is 1. The maximum absolute atomic E-state index is 12.8. The Kier molecular flexibility index (Phi) is 2.97. The van der Waals surface area contributed by atoms with Gasteiger partial charge in [0.1, 0.15) is 5.60 Å². The molecule has 23 heavy (non-hydrogen) atoms. The van der Waals surface area contributed by atoms with Crippen molar-refractivity contribution in [2.75, 3.05) is 13.1 Å². The van der Waals surface area contributed by atoms with E-state index in [2.05, 4.69) is 0 Å². The Labute approximate surface area is 137 Å². The molecule has 1 aromatic rings. The number of non-ortho nitro benzene ring substituents is 1. The molecular weight excluding hydrogens is 344 g/mol. The van der Waals surface area contributed by atoms with Crippen molar-refractivity contribution in [3.05, 3.63) is 46.5 Å². The van der Waals surface area contributed by atoms with E-state index >= 15 is 0 Å². The first kappa shape index (κ1) is 15.1. The quantitative estimate of drug-likeness (QED) is 0.356. The van der Waals surface area contributed by atoms with Crippen molar-refractivity contribution in [1.82, 2.24) is 4.31 Å². The second-order valence-electron chi connectivity index (χ2n) is 6.10. The lowest BCUT2D eigenvalue weighted by Gasteiger charge is -2.28. The number of alkyl halides is 1. The third-order valence-corrected chi connectivity index (χ3v) is 7.15. The lowest BCUT2D eigenvalue weighted by Crippen LogP contribution is -2.43. The third kappa shape index (κ3) is 1.99. The lowest BCUT2D eigenvalue weighted by molar-refractivity contribution is -0.384. The Balaban J connectivity index is 1.66. The smallest absolute Gasteiger partial charge is 0.269 e. The van der Waals surface area contributed by atoms with Crippen LogP contribution >= 0.6 is 11.6 Å². The molecule has 0 aromatic heterocycles. The Morgan fingerprint density at radius 1 is 1.30 bits per heavy atom. The number of rotatable bonds is 3. The maximum Gasteiger partial charge on any atom is 0.269 e. The molecule has 7 nitrogen and oxygen atoms in total. The van der Waals surface area contributed by atoms with Crippen molar-refractivity contribution in [3.8, 4) is 0 Å². The SMILES string of the molecule is O=[N+]([O-])c1ccc(S(=O)(=O)N2C[C@]3(Cl)C[C@H]4C=C[C@]3(C2)O4)cc1. The van der Waals surface area contributed by atoms with Crippen molar-refractivity contribution < 1.29 is 18.1 Å². The highest BCUT2D eigenvalue weighted by molar-refractivity contribution is 7.89. The van der Waals surface area contributed by atoms with E-state index in [0.717, 1.165) is 0 Å². The molecule has 0 unspecified atom stereocenters. The van der Waals surface area contributed by atoms with Gasteiger partial charge in [0.15, 0.2) is 0 Å². The Bertz CT molecular complexity index is 824. The molecule has 2 bridgehead atoms. The lowest BCUT2D eigenvalue weighted by atomic mass is 9.85. The first-order valence-corrected chi connectivity index (χ1v) is 8.88. The zero-order valence-corrected chi connectivity index (χ0v) is 13.5. The van der Waals surface area contributed by atoms with Gasteiger partial charge in [-0.25, -0.2) is 8.42 Å². The molecule has 0 amide bonds. The van der Waals surface area contributed by atoms with E-state index in [4.69, 9.17) is 16.3 Å². The molecule has 0 N–H and O–H groups in total. The van der Waals surface area contributed by atoms with Crippen LogP contribution in [0.2, 0.25) is 0 Å². The number of hydrogen-bond acceptors (Lipinski definition) is 5. The minimum absolute atomic E-state index is 0.0123. The summed E-state index contributed by atoms with van der Waals surface area (Å²) in [5.41, 5.74) is -0.924. The molecule has 0 saturated carbocycles. The summed E-state index contributed by atoms with van der Waals surface area (Å²) in [7, 11) is -3.78.